The summed E-state index contributed by atoms with van der Waals surface area (Å²) in [5.74, 6) is 2.58. The van der Waals surface area contributed by atoms with Crippen molar-refractivity contribution in [3.63, 3.8) is 0 Å². The van der Waals surface area contributed by atoms with E-state index in [1.54, 1.807) is 0 Å². The SMILES string of the molecule is CCCCOc1ccc(CCNC(=NC)N2CCC(C)C(n3ccnc3)C2)cc1.I. The van der Waals surface area contributed by atoms with E-state index in [0.29, 0.717) is 12.0 Å². The van der Waals surface area contributed by atoms with Crippen LogP contribution in [0.1, 0.15) is 44.7 Å². The quantitative estimate of drug-likeness (QED) is 0.241. The highest BCUT2D eigenvalue weighted by Crippen LogP contribution is 2.27. The Labute approximate surface area is 198 Å². The molecule has 1 N–H and O–H groups in total. The first kappa shape index (κ1) is 24.5. The molecule has 7 heteroatoms. The number of rotatable bonds is 8. The number of aromatic nitrogens is 2. The van der Waals surface area contributed by atoms with Gasteiger partial charge in [0, 0.05) is 39.1 Å². The number of guanidine groups is 1. The van der Waals surface area contributed by atoms with Crippen molar-refractivity contribution >= 4 is 29.9 Å². The molecular formula is C23H36IN5O. The molecule has 6 nitrogen and oxygen atoms in total. The number of nitrogens with zero attached hydrogens (tertiary/aromatic N) is 4. The van der Waals surface area contributed by atoms with Crippen molar-refractivity contribution < 1.29 is 4.74 Å². The van der Waals surface area contributed by atoms with E-state index in [2.05, 4.69) is 69.1 Å². The number of unbranched alkanes of at least 4 members (excludes halogenated alkanes) is 1. The number of hydrogen-bond acceptors (Lipinski definition) is 3. The molecule has 0 saturated carbocycles. The zero-order valence-electron chi connectivity index (χ0n) is 18.5. The molecule has 2 atom stereocenters. The van der Waals surface area contributed by atoms with Crippen LogP contribution in [-0.4, -0.2) is 53.7 Å². The third-order valence-electron chi connectivity index (χ3n) is 5.72. The highest BCUT2D eigenvalue weighted by atomic mass is 127. The lowest BCUT2D eigenvalue weighted by atomic mass is 9.93. The zero-order chi connectivity index (χ0) is 20.5. The smallest absolute Gasteiger partial charge is 0.193 e. The number of aliphatic imine (C=N–C) groups is 1. The van der Waals surface area contributed by atoms with Crippen LogP contribution in [0.2, 0.25) is 0 Å². The van der Waals surface area contributed by atoms with Gasteiger partial charge in [0.15, 0.2) is 5.96 Å². The Morgan fingerprint density at radius 3 is 2.77 bits per heavy atom. The molecule has 0 aliphatic carbocycles. The second-order valence-electron chi connectivity index (χ2n) is 7.86. The Kier molecular flexibility index (Phi) is 10.5. The lowest BCUT2D eigenvalue weighted by Gasteiger charge is -2.39. The van der Waals surface area contributed by atoms with Gasteiger partial charge in [0.1, 0.15) is 5.75 Å². The van der Waals surface area contributed by atoms with Crippen LogP contribution in [-0.2, 0) is 6.42 Å². The molecule has 0 spiro atoms. The van der Waals surface area contributed by atoms with Crippen LogP contribution >= 0.6 is 24.0 Å². The monoisotopic (exact) mass is 525 g/mol. The molecule has 1 aromatic carbocycles. The maximum absolute atomic E-state index is 5.74. The highest BCUT2D eigenvalue weighted by molar-refractivity contribution is 14.0. The van der Waals surface area contributed by atoms with Crippen molar-refractivity contribution in [2.75, 3.05) is 33.3 Å². The van der Waals surface area contributed by atoms with Gasteiger partial charge in [-0.05, 0) is 42.9 Å². The molecule has 30 heavy (non-hydrogen) atoms. The molecule has 2 unspecified atom stereocenters. The van der Waals surface area contributed by atoms with E-state index in [0.717, 1.165) is 63.6 Å². The minimum Gasteiger partial charge on any atom is -0.494 e. The third kappa shape index (κ3) is 6.89. The number of nitrogens with one attached hydrogen (secondary N) is 1. The molecule has 1 saturated heterocycles. The van der Waals surface area contributed by atoms with E-state index in [4.69, 9.17) is 4.74 Å². The van der Waals surface area contributed by atoms with E-state index in [1.807, 2.05) is 19.6 Å². The molecule has 1 aromatic heterocycles. The molecule has 1 aliphatic heterocycles. The van der Waals surface area contributed by atoms with Gasteiger partial charge < -0.3 is 19.5 Å². The van der Waals surface area contributed by atoms with Crippen LogP contribution in [0.5, 0.6) is 5.75 Å². The van der Waals surface area contributed by atoms with Gasteiger partial charge in [-0.2, -0.15) is 0 Å². The molecule has 0 radical (unpaired) electrons. The first-order valence-corrected chi connectivity index (χ1v) is 10.9. The maximum Gasteiger partial charge on any atom is 0.193 e. The summed E-state index contributed by atoms with van der Waals surface area (Å²) in [6.07, 6.45) is 10.2. The number of likely N-dealkylation sites (tertiary alicyclic amines) is 1. The normalized spacial score (nSPS) is 19.3. The predicted octanol–water partition coefficient (Wildman–Crippen LogP) is 4.38. The summed E-state index contributed by atoms with van der Waals surface area (Å²) in [5, 5.41) is 3.54. The van der Waals surface area contributed by atoms with Crippen LogP contribution in [0.4, 0.5) is 0 Å². The Hall–Kier alpha value is -1.77. The van der Waals surface area contributed by atoms with E-state index >= 15 is 0 Å². The van der Waals surface area contributed by atoms with E-state index in [1.165, 1.54) is 5.56 Å². The van der Waals surface area contributed by atoms with E-state index < -0.39 is 0 Å². The summed E-state index contributed by atoms with van der Waals surface area (Å²) in [4.78, 5) is 11.1. The van der Waals surface area contributed by atoms with Gasteiger partial charge in [0.2, 0.25) is 0 Å². The molecule has 1 fully saturated rings. The fourth-order valence-electron chi connectivity index (χ4n) is 3.83. The summed E-state index contributed by atoms with van der Waals surface area (Å²) in [6.45, 7) is 8.16. The topological polar surface area (TPSA) is 54.7 Å². The number of imidazole rings is 1. The molecular weight excluding hydrogens is 489 g/mol. The Balaban J connectivity index is 0.00000320. The van der Waals surface area contributed by atoms with E-state index in [9.17, 15) is 0 Å². The largest absolute Gasteiger partial charge is 0.494 e. The van der Waals surface area contributed by atoms with Gasteiger partial charge in [-0.15, -0.1) is 24.0 Å². The van der Waals surface area contributed by atoms with Crippen molar-refractivity contribution in [3.8, 4) is 5.75 Å². The standard InChI is InChI=1S/C23H35N5O.HI/c1-4-5-16-29-21-8-6-20(7-9-21)10-12-26-23(24-3)27-14-11-19(2)22(17-27)28-15-13-25-18-28;/h6-9,13,15,18-19,22H,4-5,10-12,14,16-17H2,1-3H3,(H,24,26);1H. The van der Waals surface area contributed by atoms with Crippen LogP contribution < -0.4 is 10.1 Å². The van der Waals surface area contributed by atoms with Crippen LogP contribution in [0, 0.1) is 5.92 Å². The number of piperidine rings is 1. The summed E-state index contributed by atoms with van der Waals surface area (Å²) in [7, 11) is 1.87. The van der Waals surface area contributed by atoms with E-state index in [-0.39, 0.29) is 24.0 Å². The van der Waals surface area contributed by atoms with Crippen LogP contribution in [0.3, 0.4) is 0 Å². The fourth-order valence-corrected chi connectivity index (χ4v) is 3.83. The third-order valence-corrected chi connectivity index (χ3v) is 5.72. The first-order valence-electron chi connectivity index (χ1n) is 10.9. The van der Waals surface area contributed by atoms with Crippen molar-refractivity contribution in [2.45, 2.75) is 45.6 Å². The number of hydrogen-bond donors (Lipinski definition) is 1. The maximum atomic E-state index is 5.74. The molecule has 2 heterocycles. The zero-order valence-corrected chi connectivity index (χ0v) is 20.8. The van der Waals surface area contributed by atoms with Crippen molar-refractivity contribution in [3.05, 3.63) is 48.5 Å². The summed E-state index contributed by atoms with van der Waals surface area (Å²) in [5.41, 5.74) is 1.30. The van der Waals surface area contributed by atoms with Crippen molar-refractivity contribution in [2.24, 2.45) is 10.9 Å². The molecule has 1 aliphatic rings. The molecule has 3 rings (SSSR count). The lowest BCUT2D eigenvalue weighted by Crippen LogP contribution is -2.49. The summed E-state index contributed by atoms with van der Waals surface area (Å²) < 4.78 is 7.97. The van der Waals surface area contributed by atoms with Crippen LogP contribution in [0.15, 0.2) is 48.0 Å². The number of benzene rings is 1. The molecule has 0 bridgehead atoms. The Morgan fingerprint density at radius 2 is 2.10 bits per heavy atom. The van der Waals surface area contributed by atoms with Crippen molar-refractivity contribution in [1.82, 2.24) is 19.8 Å². The van der Waals surface area contributed by atoms with Gasteiger partial charge in [-0.3, -0.25) is 4.99 Å². The molecule has 166 valence electrons. The van der Waals surface area contributed by atoms with Gasteiger partial charge in [0.25, 0.3) is 0 Å². The minimum atomic E-state index is 0. The van der Waals surface area contributed by atoms with Crippen molar-refractivity contribution in [1.29, 1.82) is 0 Å². The van der Waals surface area contributed by atoms with Gasteiger partial charge in [-0.25, -0.2) is 4.98 Å². The summed E-state index contributed by atoms with van der Waals surface area (Å²) >= 11 is 0. The first-order chi connectivity index (χ1) is 14.2. The Bertz CT molecular complexity index is 747. The van der Waals surface area contributed by atoms with Crippen LogP contribution in [0.25, 0.3) is 0 Å². The average Bonchev–Trinajstić information content (AvgIpc) is 3.28. The number of halogens is 1. The Morgan fingerprint density at radius 1 is 1.30 bits per heavy atom. The van der Waals surface area contributed by atoms with Gasteiger partial charge in [-0.1, -0.05) is 32.4 Å². The lowest BCUT2D eigenvalue weighted by molar-refractivity contribution is 0.189. The second kappa shape index (κ2) is 12.8. The van der Waals surface area contributed by atoms with Gasteiger partial charge in [0.05, 0.1) is 19.0 Å². The molecule has 2 aromatic rings. The minimum absolute atomic E-state index is 0. The van der Waals surface area contributed by atoms with Gasteiger partial charge >= 0.3 is 0 Å². The molecule has 0 amide bonds. The summed E-state index contributed by atoms with van der Waals surface area (Å²) in [6, 6.07) is 8.89. The highest BCUT2D eigenvalue weighted by Gasteiger charge is 2.28. The fraction of sp³-hybridized carbons (Fsp3) is 0.565. The second-order valence-corrected chi connectivity index (χ2v) is 7.86. The predicted molar refractivity (Wildman–Crippen MR) is 134 cm³/mol. The number of ether oxygens (including phenoxy) is 1. The average molecular weight is 525 g/mol.